The van der Waals surface area contributed by atoms with E-state index in [1.54, 1.807) is 0 Å². The number of para-hydroxylation sites is 1. The Labute approximate surface area is 288 Å². The van der Waals surface area contributed by atoms with Crippen LogP contribution >= 0.6 is 0 Å². The highest BCUT2D eigenvalue weighted by molar-refractivity contribution is 6.06. The molecule has 234 valence electrons. The first-order valence-electron chi connectivity index (χ1n) is 16.8. The average Bonchev–Trinajstić information content (AvgIpc) is 3.53. The number of fused-ring (bicyclic) bond motifs is 6. The molecule has 4 heteroatoms. The Balaban J connectivity index is 1.08. The molecule has 0 unspecified atom stereocenters. The van der Waals surface area contributed by atoms with E-state index in [1.165, 1.54) is 32.7 Å². The zero-order valence-corrected chi connectivity index (χ0v) is 27.0. The fourth-order valence-electron chi connectivity index (χ4n) is 7.05. The Morgan fingerprint density at radius 2 is 0.940 bits per heavy atom. The van der Waals surface area contributed by atoms with Gasteiger partial charge in [-0.05, 0) is 92.3 Å². The second-order valence-electron chi connectivity index (χ2n) is 12.7. The quantitative estimate of drug-likeness (QED) is 0.188. The Hall–Kier alpha value is -6.78. The van der Waals surface area contributed by atoms with Crippen LogP contribution in [0.3, 0.4) is 0 Å². The molecule has 0 aliphatic carbocycles. The van der Waals surface area contributed by atoms with Crippen LogP contribution in [0.5, 0.6) is 0 Å². The highest BCUT2D eigenvalue weighted by Gasteiger charge is 2.18. The largest absolute Gasteiger partial charge is 0.454 e. The third kappa shape index (κ3) is 4.85. The zero-order chi connectivity index (χ0) is 33.0. The highest BCUT2D eigenvalue weighted by atomic mass is 16.3. The lowest BCUT2D eigenvalue weighted by Gasteiger charge is -2.24. The molecule has 3 aromatic heterocycles. The molecule has 0 bridgehead atoms. The first kappa shape index (κ1) is 28.3. The van der Waals surface area contributed by atoms with Gasteiger partial charge in [-0.1, -0.05) is 115 Å². The van der Waals surface area contributed by atoms with Gasteiger partial charge in [0.2, 0.25) is 0 Å². The topological polar surface area (TPSA) is 42.2 Å². The van der Waals surface area contributed by atoms with Gasteiger partial charge in [-0.25, -0.2) is 9.97 Å². The molecule has 10 rings (SSSR count). The van der Waals surface area contributed by atoms with Crippen molar-refractivity contribution < 1.29 is 4.42 Å². The van der Waals surface area contributed by atoms with E-state index in [0.717, 1.165) is 61.3 Å². The maximum atomic E-state index is 6.42. The molecule has 0 aliphatic rings. The van der Waals surface area contributed by atoms with Gasteiger partial charge in [0.25, 0.3) is 0 Å². The van der Waals surface area contributed by atoms with Crippen LogP contribution in [0.25, 0.3) is 76.8 Å². The Bertz CT molecular complexity index is 2750. The van der Waals surface area contributed by atoms with Gasteiger partial charge >= 0.3 is 0 Å². The van der Waals surface area contributed by atoms with E-state index in [1.807, 2.05) is 30.5 Å². The molecule has 0 spiro atoms. The molecule has 0 saturated heterocycles. The van der Waals surface area contributed by atoms with Crippen molar-refractivity contribution in [3.63, 3.8) is 0 Å². The maximum Gasteiger partial charge on any atom is 0.154 e. The van der Waals surface area contributed by atoms with Gasteiger partial charge in [-0.15, -0.1) is 0 Å². The van der Waals surface area contributed by atoms with Gasteiger partial charge in [0, 0.05) is 29.0 Å². The third-order valence-electron chi connectivity index (χ3n) is 9.66. The molecule has 4 nitrogen and oxygen atoms in total. The number of nitrogens with zero attached hydrogens (tertiary/aromatic N) is 3. The van der Waals surface area contributed by atoms with Crippen molar-refractivity contribution in [1.82, 2.24) is 9.97 Å². The molecule has 0 radical (unpaired) electrons. The van der Waals surface area contributed by atoms with Crippen molar-refractivity contribution >= 4 is 71.7 Å². The van der Waals surface area contributed by atoms with Crippen LogP contribution < -0.4 is 4.90 Å². The van der Waals surface area contributed by atoms with E-state index in [0.29, 0.717) is 0 Å². The molecule has 10 aromatic rings. The van der Waals surface area contributed by atoms with E-state index in [4.69, 9.17) is 14.4 Å². The van der Waals surface area contributed by atoms with Crippen molar-refractivity contribution in [2.75, 3.05) is 4.90 Å². The summed E-state index contributed by atoms with van der Waals surface area (Å²) >= 11 is 0. The third-order valence-corrected chi connectivity index (χ3v) is 9.66. The average molecular weight is 640 g/mol. The van der Waals surface area contributed by atoms with Gasteiger partial charge in [0.15, 0.2) is 5.58 Å². The monoisotopic (exact) mass is 639 g/mol. The van der Waals surface area contributed by atoms with Crippen LogP contribution in [0.15, 0.2) is 180 Å². The summed E-state index contributed by atoms with van der Waals surface area (Å²) in [5.41, 5.74) is 9.94. The summed E-state index contributed by atoms with van der Waals surface area (Å²) < 4.78 is 6.42. The van der Waals surface area contributed by atoms with Crippen molar-refractivity contribution in [1.29, 1.82) is 0 Å². The normalized spacial score (nSPS) is 11.6. The summed E-state index contributed by atoms with van der Waals surface area (Å²) in [4.78, 5) is 12.1. The summed E-state index contributed by atoms with van der Waals surface area (Å²) in [6, 6.07) is 59.8. The molecule has 7 aromatic carbocycles. The second-order valence-corrected chi connectivity index (χ2v) is 12.7. The van der Waals surface area contributed by atoms with Crippen LogP contribution in [-0.2, 0) is 0 Å². The van der Waals surface area contributed by atoms with Crippen molar-refractivity contribution in [2.24, 2.45) is 0 Å². The molecular weight excluding hydrogens is 611 g/mol. The number of aromatic nitrogens is 2. The number of hydrogen-bond acceptors (Lipinski definition) is 4. The minimum atomic E-state index is 0.748. The minimum absolute atomic E-state index is 0.748. The van der Waals surface area contributed by atoms with Crippen LogP contribution in [0, 0.1) is 0 Å². The summed E-state index contributed by atoms with van der Waals surface area (Å²) in [5, 5.41) is 6.88. The predicted octanol–water partition coefficient (Wildman–Crippen LogP) is 12.6. The van der Waals surface area contributed by atoms with Crippen LogP contribution in [0.4, 0.5) is 17.2 Å². The van der Waals surface area contributed by atoms with Crippen LogP contribution in [0.1, 0.15) is 0 Å². The lowest BCUT2D eigenvalue weighted by molar-refractivity contribution is 0.668. The van der Waals surface area contributed by atoms with Gasteiger partial charge in [0.05, 0.1) is 10.9 Å². The Morgan fingerprint density at radius 1 is 0.420 bits per heavy atom. The lowest BCUT2D eigenvalue weighted by Crippen LogP contribution is -2.11. The first-order valence-corrected chi connectivity index (χ1v) is 16.8. The molecule has 50 heavy (non-hydrogen) atoms. The Kier molecular flexibility index (Phi) is 6.46. The van der Waals surface area contributed by atoms with Crippen molar-refractivity contribution in [3.8, 4) is 22.3 Å². The molecule has 0 aliphatic heterocycles. The lowest BCUT2D eigenvalue weighted by atomic mass is 10.0. The number of benzene rings is 7. The number of hydrogen-bond donors (Lipinski definition) is 0. The summed E-state index contributed by atoms with van der Waals surface area (Å²) in [6.07, 6.45) is 1.89. The van der Waals surface area contributed by atoms with Gasteiger partial charge in [-0.2, -0.15) is 0 Å². The molecule has 0 amide bonds. The minimum Gasteiger partial charge on any atom is -0.454 e. The predicted molar refractivity (Wildman–Crippen MR) is 207 cm³/mol. The number of anilines is 3. The molecule has 0 atom stereocenters. The summed E-state index contributed by atoms with van der Waals surface area (Å²) in [5.74, 6) is 0.762. The molecule has 0 N–H and O–H groups in total. The second kappa shape index (κ2) is 11.4. The van der Waals surface area contributed by atoms with Crippen molar-refractivity contribution in [2.45, 2.75) is 0 Å². The van der Waals surface area contributed by atoms with E-state index in [9.17, 15) is 0 Å². The maximum absolute atomic E-state index is 6.42. The standard InChI is InChI=1S/C46H29N3O/c1-3-9-34-25-36(15-13-30(34)7-1)32-17-21-39(22-18-32)49(40-23-19-33(20-24-40)37-16-14-31-8-2-4-10-35(31)26-37)45-28-43-41(29-47-45)46-44(50-43)27-38-11-5-6-12-42(38)48-46/h1-29H. The number of pyridine rings is 2. The summed E-state index contributed by atoms with van der Waals surface area (Å²) in [7, 11) is 0. The SMILES string of the molecule is c1ccc2cc(-c3ccc(N(c4ccc(-c5ccc6ccccc6c5)cc4)c4cc5oc6cc7ccccc7nc6c5cn4)cc3)ccc2c1. The van der Waals surface area contributed by atoms with Gasteiger partial charge in [-0.3, -0.25) is 4.90 Å². The molecule has 3 heterocycles. The number of furan rings is 1. The molecule has 0 fully saturated rings. The highest BCUT2D eigenvalue weighted by Crippen LogP contribution is 2.39. The van der Waals surface area contributed by atoms with E-state index >= 15 is 0 Å². The fourth-order valence-corrected chi connectivity index (χ4v) is 7.05. The van der Waals surface area contributed by atoms with Crippen molar-refractivity contribution in [3.05, 3.63) is 176 Å². The molecular formula is C46H29N3O. The summed E-state index contributed by atoms with van der Waals surface area (Å²) in [6.45, 7) is 0. The smallest absolute Gasteiger partial charge is 0.154 e. The van der Waals surface area contributed by atoms with Gasteiger partial charge in [0.1, 0.15) is 16.9 Å². The van der Waals surface area contributed by atoms with Crippen LogP contribution in [-0.4, -0.2) is 9.97 Å². The first-order chi connectivity index (χ1) is 24.7. The van der Waals surface area contributed by atoms with E-state index in [-0.39, 0.29) is 0 Å². The van der Waals surface area contributed by atoms with E-state index in [2.05, 4.69) is 150 Å². The fraction of sp³-hybridized carbons (Fsp3) is 0. The van der Waals surface area contributed by atoms with Crippen LogP contribution in [0.2, 0.25) is 0 Å². The van der Waals surface area contributed by atoms with E-state index < -0.39 is 0 Å². The van der Waals surface area contributed by atoms with Gasteiger partial charge < -0.3 is 4.42 Å². The molecule has 0 saturated carbocycles. The number of rotatable bonds is 5. The Morgan fingerprint density at radius 3 is 1.54 bits per heavy atom. The zero-order valence-electron chi connectivity index (χ0n) is 27.0.